The van der Waals surface area contributed by atoms with Crippen LogP contribution in [0.2, 0.25) is 0 Å². The second kappa shape index (κ2) is 7.74. The van der Waals surface area contributed by atoms with E-state index >= 15 is 0 Å². The van der Waals surface area contributed by atoms with Gasteiger partial charge in [0.2, 0.25) is 0 Å². The average Bonchev–Trinajstić information content (AvgIpc) is 2.78. The van der Waals surface area contributed by atoms with Gasteiger partial charge in [-0.15, -0.1) is 0 Å². The number of rotatable bonds is 9. The Bertz CT molecular complexity index is 437. The lowest BCUT2D eigenvalue weighted by Gasteiger charge is -2.06. The van der Waals surface area contributed by atoms with E-state index in [4.69, 9.17) is 9.84 Å². The molecule has 0 spiro atoms. The largest absolute Gasteiger partial charge is 0.477 e. The van der Waals surface area contributed by atoms with Crippen LogP contribution >= 0.6 is 0 Å². The smallest absolute Gasteiger partial charge is 0.352 e. The fourth-order valence-corrected chi connectivity index (χ4v) is 1.75. The van der Waals surface area contributed by atoms with Crippen LogP contribution in [0.1, 0.15) is 54.0 Å². The van der Waals surface area contributed by atoms with E-state index in [1.165, 1.54) is 13.0 Å². The Balaban J connectivity index is 2.52. The number of carboxylic acid groups (broad SMARTS) is 1. The lowest BCUT2D eigenvalue weighted by molar-refractivity contribution is 0.0683. The molecule has 1 N–H and O–H groups in total. The van der Waals surface area contributed by atoms with E-state index in [1.807, 2.05) is 0 Å². The molecular weight excluding hydrogens is 246 g/mol. The number of ketones is 1. The molecule has 5 heteroatoms. The number of aromatic carboxylic acids is 1. The second-order valence-corrected chi connectivity index (χ2v) is 4.49. The molecule has 106 valence electrons. The summed E-state index contributed by atoms with van der Waals surface area (Å²) in [7, 11) is 0. The highest BCUT2D eigenvalue weighted by Crippen LogP contribution is 2.11. The minimum atomic E-state index is -1.01. The summed E-state index contributed by atoms with van der Waals surface area (Å²) in [4.78, 5) is 22.3. The zero-order valence-electron chi connectivity index (χ0n) is 11.5. The summed E-state index contributed by atoms with van der Waals surface area (Å²) in [6, 6.07) is 1.42. The molecule has 1 aromatic rings. The van der Waals surface area contributed by atoms with Crippen molar-refractivity contribution in [3.63, 3.8) is 0 Å². The number of unbranched alkanes of at least 4 members (excludes halogenated alkanes) is 1. The SMILES string of the molecule is CCCCOCCCn1cc(C(C)=O)cc1C(=O)O. The number of carboxylic acids is 1. The lowest BCUT2D eigenvalue weighted by atomic mass is 10.2. The Kier molecular flexibility index (Phi) is 6.29. The number of carbonyl (C=O) groups is 2. The molecule has 0 aromatic carbocycles. The third-order valence-corrected chi connectivity index (χ3v) is 2.85. The summed E-state index contributed by atoms with van der Waals surface area (Å²) in [5.74, 6) is -1.14. The van der Waals surface area contributed by atoms with Gasteiger partial charge in [-0.2, -0.15) is 0 Å². The van der Waals surface area contributed by atoms with Crippen LogP contribution in [0, 0.1) is 0 Å². The summed E-state index contributed by atoms with van der Waals surface area (Å²) in [5.41, 5.74) is 0.586. The minimum Gasteiger partial charge on any atom is -0.477 e. The molecule has 0 radical (unpaired) electrons. The van der Waals surface area contributed by atoms with E-state index in [0.29, 0.717) is 18.7 Å². The summed E-state index contributed by atoms with van der Waals surface area (Å²) < 4.78 is 7.02. The Hall–Kier alpha value is -1.62. The summed E-state index contributed by atoms with van der Waals surface area (Å²) in [5, 5.41) is 9.07. The van der Waals surface area contributed by atoms with Crippen molar-refractivity contribution in [2.75, 3.05) is 13.2 Å². The van der Waals surface area contributed by atoms with Crippen LogP contribution in [0.3, 0.4) is 0 Å². The Labute approximate surface area is 113 Å². The zero-order chi connectivity index (χ0) is 14.3. The van der Waals surface area contributed by atoms with Gasteiger partial charge in [0.05, 0.1) is 0 Å². The standard InChI is InChI=1S/C14H21NO4/c1-3-4-7-19-8-5-6-15-10-12(11(2)16)9-13(15)14(17)18/h9-10H,3-8H2,1-2H3,(H,17,18). The highest BCUT2D eigenvalue weighted by molar-refractivity contribution is 5.97. The van der Waals surface area contributed by atoms with Crippen LogP contribution < -0.4 is 0 Å². The van der Waals surface area contributed by atoms with Gasteiger partial charge in [-0.25, -0.2) is 4.79 Å². The molecule has 0 aliphatic carbocycles. The molecule has 1 aromatic heterocycles. The Morgan fingerprint density at radius 3 is 2.58 bits per heavy atom. The van der Waals surface area contributed by atoms with Crippen molar-refractivity contribution >= 4 is 11.8 Å². The van der Waals surface area contributed by atoms with Gasteiger partial charge in [-0.3, -0.25) is 4.79 Å². The van der Waals surface area contributed by atoms with Crippen molar-refractivity contribution in [3.05, 3.63) is 23.5 Å². The maximum atomic E-state index is 11.3. The predicted molar refractivity (Wildman–Crippen MR) is 71.7 cm³/mol. The van der Waals surface area contributed by atoms with Crippen LogP contribution in [-0.2, 0) is 11.3 Å². The number of carbonyl (C=O) groups excluding carboxylic acids is 1. The van der Waals surface area contributed by atoms with Gasteiger partial charge < -0.3 is 14.4 Å². The van der Waals surface area contributed by atoms with Crippen molar-refractivity contribution in [1.82, 2.24) is 4.57 Å². The van der Waals surface area contributed by atoms with E-state index in [2.05, 4.69) is 6.92 Å². The van der Waals surface area contributed by atoms with E-state index in [1.54, 1.807) is 10.8 Å². The molecule has 0 aliphatic rings. The minimum absolute atomic E-state index is 0.125. The summed E-state index contributed by atoms with van der Waals surface area (Å²) in [6.45, 7) is 5.42. The molecule has 5 nitrogen and oxygen atoms in total. The van der Waals surface area contributed by atoms with Crippen molar-refractivity contribution < 1.29 is 19.4 Å². The first-order valence-corrected chi connectivity index (χ1v) is 6.58. The first-order chi connectivity index (χ1) is 9.06. The van der Waals surface area contributed by atoms with E-state index in [0.717, 1.165) is 25.9 Å². The lowest BCUT2D eigenvalue weighted by Crippen LogP contribution is -2.09. The Morgan fingerprint density at radius 2 is 2.00 bits per heavy atom. The fourth-order valence-electron chi connectivity index (χ4n) is 1.75. The number of Topliss-reactive ketones (excluding diaryl/α,β-unsaturated/α-hetero) is 1. The molecule has 19 heavy (non-hydrogen) atoms. The van der Waals surface area contributed by atoms with Crippen molar-refractivity contribution in [2.45, 2.75) is 39.7 Å². The molecule has 1 rings (SSSR count). The number of hydrogen-bond acceptors (Lipinski definition) is 3. The molecule has 0 amide bonds. The number of aromatic nitrogens is 1. The molecular formula is C14H21NO4. The molecule has 0 atom stereocenters. The molecule has 0 unspecified atom stereocenters. The first kappa shape index (κ1) is 15.4. The number of ether oxygens (including phenoxy) is 1. The van der Waals surface area contributed by atoms with E-state index in [-0.39, 0.29) is 11.5 Å². The first-order valence-electron chi connectivity index (χ1n) is 6.58. The number of hydrogen-bond donors (Lipinski definition) is 1. The third-order valence-electron chi connectivity index (χ3n) is 2.85. The van der Waals surface area contributed by atoms with Gasteiger partial charge in [0, 0.05) is 31.5 Å². The van der Waals surface area contributed by atoms with Crippen LogP contribution in [0.5, 0.6) is 0 Å². The topological polar surface area (TPSA) is 68.5 Å². The predicted octanol–water partition coefficient (Wildman–Crippen LogP) is 2.60. The quantitative estimate of drug-likeness (QED) is 0.551. The van der Waals surface area contributed by atoms with Gasteiger partial charge in [-0.05, 0) is 25.8 Å². The maximum Gasteiger partial charge on any atom is 0.352 e. The van der Waals surface area contributed by atoms with Gasteiger partial charge in [0.25, 0.3) is 0 Å². The summed E-state index contributed by atoms with van der Waals surface area (Å²) >= 11 is 0. The molecule has 0 aliphatic heterocycles. The maximum absolute atomic E-state index is 11.3. The molecule has 0 fully saturated rings. The average molecular weight is 267 g/mol. The van der Waals surface area contributed by atoms with Gasteiger partial charge >= 0.3 is 5.97 Å². The summed E-state index contributed by atoms with van der Waals surface area (Å²) in [6.07, 6.45) is 4.47. The molecule has 0 saturated carbocycles. The van der Waals surface area contributed by atoms with Gasteiger partial charge in [-0.1, -0.05) is 13.3 Å². The molecule has 1 heterocycles. The van der Waals surface area contributed by atoms with Crippen LogP contribution in [0.4, 0.5) is 0 Å². The zero-order valence-corrected chi connectivity index (χ0v) is 11.5. The Morgan fingerprint density at radius 1 is 1.32 bits per heavy atom. The van der Waals surface area contributed by atoms with Crippen LogP contribution in [-0.4, -0.2) is 34.6 Å². The third kappa shape index (κ3) is 4.87. The van der Waals surface area contributed by atoms with E-state index in [9.17, 15) is 9.59 Å². The number of aryl methyl sites for hydroxylation is 1. The fraction of sp³-hybridized carbons (Fsp3) is 0.571. The normalized spacial score (nSPS) is 10.6. The second-order valence-electron chi connectivity index (χ2n) is 4.49. The molecule has 0 saturated heterocycles. The molecule has 0 bridgehead atoms. The van der Waals surface area contributed by atoms with Gasteiger partial charge in [0.1, 0.15) is 5.69 Å². The monoisotopic (exact) mass is 267 g/mol. The van der Waals surface area contributed by atoms with Crippen LogP contribution in [0.15, 0.2) is 12.3 Å². The number of nitrogens with zero attached hydrogens (tertiary/aromatic N) is 1. The van der Waals surface area contributed by atoms with Crippen molar-refractivity contribution in [1.29, 1.82) is 0 Å². The van der Waals surface area contributed by atoms with Crippen molar-refractivity contribution in [3.8, 4) is 0 Å². The van der Waals surface area contributed by atoms with Gasteiger partial charge in [0.15, 0.2) is 5.78 Å². The van der Waals surface area contributed by atoms with E-state index < -0.39 is 5.97 Å². The highest BCUT2D eigenvalue weighted by Gasteiger charge is 2.14. The van der Waals surface area contributed by atoms with Crippen molar-refractivity contribution in [2.24, 2.45) is 0 Å². The highest BCUT2D eigenvalue weighted by atomic mass is 16.5. The van der Waals surface area contributed by atoms with Crippen LogP contribution in [0.25, 0.3) is 0 Å².